The minimum absolute atomic E-state index is 0.582. The van der Waals surface area contributed by atoms with Gasteiger partial charge in [-0.1, -0.05) is 30.4 Å². The third-order valence-corrected chi connectivity index (χ3v) is 6.09. The molecule has 3 heteroatoms. The SMILES string of the molecule is C1=Cc2c(cccc2-c2ccc(NC3CCN4CCCC3C4)nc2)C1. The molecule has 2 aliphatic heterocycles. The van der Waals surface area contributed by atoms with E-state index in [-0.39, 0.29) is 0 Å². The zero-order chi connectivity index (χ0) is 16.6. The monoisotopic (exact) mass is 331 g/mol. The highest BCUT2D eigenvalue weighted by atomic mass is 15.2. The molecule has 3 unspecified atom stereocenters. The Labute approximate surface area is 149 Å². The summed E-state index contributed by atoms with van der Waals surface area (Å²) in [6.45, 7) is 3.79. The van der Waals surface area contributed by atoms with Gasteiger partial charge in [-0.3, -0.25) is 0 Å². The topological polar surface area (TPSA) is 28.2 Å². The van der Waals surface area contributed by atoms with Crippen LogP contribution in [0.4, 0.5) is 5.82 Å². The summed E-state index contributed by atoms with van der Waals surface area (Å²) in [6.07, 6.45) is 11.5. The molecule has 0 saturated carbocycles. The molecule has 3 heterocycles. The van der Waals surface area contributed by atoms with Gasteiger partial charge in [-0.15, -0.1) is 0 Å². The van der Waals surface area contributed by atoms with E-state index in [2.05, 4.69) is 52.7 Å². The largest absolute Gasteiger partial charge is 0.367 e. The Bertz CT molecular complexity index is 793. The first-order chi connectivity index (χ1) is 12.4. The number of fused-ring (bicyclic) bond motifs is 3. The molecule has 2 bridgehead atoms. The van der Waals surface area contributed by atoms with E-state index in [1.165, 1.54) is 61.2 Å². The molecule has 0 radical (unpaired) electrons. The minimum atomic E-state index is 0.582. The quantitative estimate of drug-likeness (QED) is 0.913. The smallest absolute Gasteiger partial charge is 0.126 e. The number of hydrogen-bond donors (Lipinski definition) is 1. The van der Waals surface area contributed by atoms with Crippen molar-refractivity contribution in [3.05, 3.63) is 53.7 Å². The van der Waals surface area contributed by atoms with E-state index in [0.717, 1.165) is 18.2 Å². The molecule has 2 saturated heterocycles. The van der Waals surface area contributed by atoms with Crippen molar-refractivity contribution >= 4 is 11.9 Å². The molecule has 0 spiro atoms. The summed E-state index contributed by atoms with van der Waals surface area (Å²) in [4.78, 5) is 7.35. The van der Waals surface area contributed by atoms with Crippen molar-refractivity contribution in [1.29, 1.82) is 0 Å². The highest BCUT2D eigenvalue weighted by molar-refractivity contribution is 5.79. The van der Waals surface area contributed by atoms with Gasteiger partial charge in [0.2, 0.25) is 0 Å². The fourth-order valence-corrected chi connectivity index (χ4v) is 4.74. The van der Waals surface area contributed by atoms with Crippen molar-refractivity contribution < 1.29 is 0 Å². The summed E-state index contributed by atoms with van der Waals surface area (Å²) in [5.41, 5.74) is 5.29. The molecule has 2 aromatic rings. The number of nitrogens with one attached hydrogen (secondary N) is 1. The molecule has 5 rings (SSSR count). The maximum Gasteiger partial charge on any atom is 0.126 e. The van der Waals surface area contributed by atoms with E-state index in [1.54, 1.807) is 0 Å². The Morgan fingerprint density at radius 2 is 2.08 bits per heavy atom. The Morgan fingerprint density at radius 3 is 3.00 bits per heavy atom. The number of anilines is 1. The number of pyridine rings is 1. The van der Waals surface area contributed by atoms with Gasteiger partial charge in [-0.2, -0.15) is 0 Å². The lowest BCUT2D eigenvalue weighted by Crippen LogP contribution is -2.49. The molecule has 1 aromatic heterocycles. The summed E-state index contributed by atoms with van der Waals surface area (Å²) in [7, 11) is 0. The van der Waals surface area contributed by atoms with Gasteiger partial charge in [0.15, 0.2) is 0 Å². The first-order valence-electron chi connectivity index (χ1n) is 9.60. The van der Waals surface area contributed by atoms with Crippen molar-refractivity contribution in [2.75, 3.05) is 25.0 Å². The number of aromatic nitrogens is 1. The van der Waals surface area contributed by atoms with E-state index in [4.69, 9.17) is 4.98 Å². The van der Waals surface area contributed by atoms with E-state index >= 15 is 0 Å². The van der Waals surface area contributed by atoms with Crippen LogP contribution in [-0.4, -0.2) is 35.6 Å². The second-order valence-electron chi connectivity index (χ2n) is 7.66. The Hall–Kier alpha value is -2.13. The Kier molecular flexibility index (Phi) is 3.82. The van der Waals surface area contributed by atoms with E-state index < -0.39 is 0 Å². The number of nitrogens with zero attached hydrogens (tertiary/aromatic N) is 2. The second-order valence-corrected chi connectivity index (χ2v) is 7.66. The van der Waals surface area contributed by atoms with Gasteiger partial charge in [-0.25, -0.2) is 4.98 Å². The number of benzene rings is 1. The van der Waals surface area contributed by atoms with E-state index in [0.29, 0.717) is 6.04 Å². The zero-order valence-corrected chi connectivity index (χ0v) is 14.6. The Morgan fingerprint density at radius 1 is 1.08 bits per heavy atom. The van der Waals surface area contributed by atoms with Crippen molar-refractivity contribution in [3.8, 4) is 11.1 Å². The molecule has 3 atom stereocenters. The van der Waals surface area contributed by atoms with Crippen LogP contribution in [0.15, 0.2) is 42.6 Å². The van der Waals surface area contributed by atoms with Crippen LogP contribution in [0, 0.1) is 5.92 Å². The molecule has 1 aliphatic carbocycles. The van der Waals surface area contributed by atoms with Crippen LogP contribution in [0.25, 0.3) is 17.2 Å². The number of piperidine rings is 2. The van der Waals surface area contributed by atoms with Crippen molar-refractivity contribution in [3.63, 3.8) is 0 Å². The lowest BCUT2D eigenvalue weighted by molar-refractivity contribution is 0.113. The summed E-state index contributed by atoms with van der Waals surface area (Å²) in [5.74, 6) is 1.81. The van der Waals surface area contributed by atoms with Gasteiger partial charge in [0.25, 0.3) is 0 Å². The van der Waals surface area contributed by atoms with Crippen LogP contribution in [-0.2, 0) is 6.42 Å². The van der Waals surface area contributed by atoms with Gasteiger partial charge in [-0.05, 0) is 67.0 Å². The normalized spacial score (nSPS) is 27.1. The fourth-order valence-electron chi connectivity index (χ4n) is 4.74. The van der Waals surface area contributed by atoms with Crippen LogP contribution in [0.2, 0.25) is 0 Å². The maximum absolute atomic E-state index is 4.73. The fraction of sp³-hybridized carbons (Fsp3) is 0.409. The predicted octanol–water partition coefficient (Wildman–Crippen LogP) is 4.21. The molecule has 2 fully saturated rings. The molecule has 3 nitrogen and oxygen atoms in total. The average Bonchev–Trinajstić information content (AvgIpc) is 3.14. The first kappa shape index (κ1) is 15.2. The van der Waals surface area contributed by atoms with Gasteiger partial charge in [0.05, 0.1) is 0 Å². The molecular weight excluding hydrogens is 306 g/mol. The van der Waals surface area contributed by atoms with Crippen LogP contribution >= 0.6 is 0 Å². The molecule has 1 N–H and O–H groups in total. The van der Waals surface area contributed by atoms with Gasteiger partial charge in [0.1, 0.15) is 5.82 Å². The molecule has 25 heavy (non-hydrogen) atoms. The second kappa shape index (κ2) is 6.30. The van der Waals surface area contributed by atoms with Crippen LogP contribution < -0.4 is 5.32 Å². The third kappa shape index (κ3) is 2.87. The predicted molar refractivity (Wildman–Crippen MR) is 104 cm³/mol. The molecule has 3 aliphatic rings. The van der Waals surface area contributed by atoms with Crippen molar-refractivity contribution in [1.82, 2.24) is 9.88 Å². The molecular formula is C22H25N3. The highest BCUT2D eigenvalue weighted by Gasteiger charge is 2.31. The third-order valence-electron chi connectivity index (χ3n) is 6.09. The van der Waals surface area contributed by atoms with E-state index in [1.807, 2.05) is 6.20 Å². The summed E-state index contributed by atoms with van der Waals surface area (Å²) >= 11 is 0. The van der Waals surface area contributed by atoms with Gasteiger partial charge < -0.3 is 10.2 Å². The van der Waals surface area contributed by atoms with Crippen molar-refractivity contribution in [2.24, 2.45) is 5.92 Å². The minimum Gasteiger partial charge on any atom is -0.367 e. The number of rotatable bonds is 3. The number of allylic oxidation sites excluding steroid dienone is 1. The molecule has 128 valence electrons. The molecule has 1 aromatic carbocycles. The van der Waals surface area contributed by atoms with Gasteiger partial charge >= 0.3 is 0 Å². The van der Waals surface area contributed by atoms with Crippen LogP contribution in [0.1, 0.15) is 30.4 Å². The highest BCUT2D eigenvalue weighted by Crippen LogP contribution is 2.32. The van der Waals surface area contributed by atoms with E-state index in [9.17, 15) is 0 Å². The summed E-state index contributed by atoms with van der Waals surface area (Å²) in [5, 5.41) is 3.72. The summed E-state index contributed by atoms with van der Waals surface area (Å²) < 4.78 is 0. The van der Waals surface area contributed by atoms with Crippen LogP contribution in [0.3, 0.4) is 0 Å². The maximum atomic E-state index is 4.73. The lowest BCUT2D eigenvalue weighted by Gasteiger charge is -2.43. The average molecular weight is 331 g/mol. The molecule has 0 amide bonds. The van der Waals surface area contributed by atoms with Crippen molar-refractivity contribution in [2.45, 2.75) is 31.7 Å². The first-order valence-corrected chi connectivity index (χ1v) is 9.60. The summed E-state index contributed by atoms with van der Waals surface area (Å²) in [6, 6.07) is 11.5. The van der Waals surface area contributed by atoms with Crippen LogP contribution in [0.5, 0.6) is 0 Å². The number of hydrogen-bond acceptors (Lipinski definition) is 3. The Balaban J connectivity index is 1.34. The lowest BCUT2D eigenvalue weighted by atomic mass is 9.85. The standard InChI is InChI=1S/C22H25N3/c1-4-16-5-2-8-20(19(16)7-1)17-9-10-22(23-14-17)24-21-11-13-25-12-3-6-18(21)15-25/h1-2,5,7-10,14,18,21H,3-4,6,11-13,15H2,(H,23,24). The van der Waals surface area contributed by atoms with Gasteiger partial charge in [0, 0.05) is 30.9 Å². The zero-order valence-electron chi connectivity index (χ0n) is 14.6.